The van der Waals surface area contributed by atoms with Gasteiger partial charge in [0.15, 0.2) is 0 Å². The summed E-state index contributed by atoms with van der Waals surface area (Å²) in [5.41, 5.74) is 0.0180. The standard InChI is InChI=1S/C18H30N6O4/c1-27-13-10-22-6-8-23(9-7-22)17-3-2-16(24(25)26)18(20-17)19-4-5-21-11-14-28-15-12-21/h2-3H,4-15H2,1H3,(H,19,20). The van der Waals surface area contributed by atoms with E-state index in [1.165, 1.54) is 0 Å². The summed E-state index contributed by atoms with van der Waals surface area (Å²) in [6.07, 6.45) is 0. The number of ether oxygens (including phenoxy) is 2. The molecule has 156 valence electrons. The number of hydrogen-bond acceptors (Lipinski definition) is 9. The predicted molar refractivity (Wildman–Crippen MR) is 107 cm³/mol. The van der Waals surface area contributed by atoms with Crippen molar-refractivity contribution in [1.82, 2.24) is 14.8 Å². The van der Waals surface area contributed by atoms with E-state index in [-0.39, 0.29) is 10.6 Å². The number of hydrogen-bond donors (Lipinski definition) is 1. The molecule has 1 aromatic heterocycles. The van der Waals surface area contributed by atoms with Crippen LogP contribution in [0.15, 0.2) is 12.1 Å². The second kappa shape index (κ2) is 10.5. The second-order valence-corrected chi connectivity index (χ2v) is 7.00. The van der Waals surface area contributed by atoms with Crippen molar-refractivity contribution in [2.75, 3.05) is 96.0 Å². The van der Waals surface area contributed by atoms with E-state index in [4.69, 9.17) is 9.47 Å². The highest BCUT2D eigenvalue weighted by Gasteiger charge is 2.22. The van der Waals surface area contributed by atoms with Crippen molar-refractivity contribution in [2.45, 2.75) is 0 Å². The third-order valence-electron chi connectivity index (χ3n) is 5.19. The van der Waals surface area contributed by atoms with E-state index < -0.39 is 0 Å². The van der Waals surface area contributed by atoms with Gasteiger partial charge in [-0.15, -0.1) is 0 Å². The fourth-order valence-electron chi connectivity index (χ4n) is 3.47. The Morgan fingerprint density at radius 3 is 2.54 bits per heavy atom. The lowest BCUT2D eigenvalue weighted by Crippen LogP contribution is -2.47. The van der Waals surface area contributed by atoms with Crippen LogP contribution in [0.2, 0.25) is 0 Å². The Morgan fingerprint density at radius 1 is 1.14 bits per heavy atom. The predicted octanol–water partition coefficient (Wildman–Crippen LogP) is 0.502. The van der Waals surface area contributed by atoms with Crippen molar-refractivity contribution in [2.24, 2.45) is 0 Å². The van der Waals surface area contributed by atoms with Gasteiger partial charge in [-0.25, -0.2) is 4.98 Å². The van der Waals surface area contributed by atoms with Crippen LogP contribution in [0, 0.1) is 10.1 Å². The van der Waals surface area contributed by atoms with Crippen LogP contribution in [0.3, 0.4) is 0 Å². The molecule has 2 aliphatic rings. The summed E-state index contributed by atoms with van der Waals surface area (Å²) in [4.78, 5) is 22.4. The molecule has 2 fully saturated rings. The summed E-state index contributed by atoms with van der Waals surface area (Å²) in [5.74, 6) is 1.13. The minimum atomic E-state index is -0.378. The number of rotatable bonds is 9. The summed E-state index contributed by atoms with van der Waals surface area (Å²) < 4.78 is 10.5. The molecule has 0 saturated carbocycles. The Labute approximate surface area is 165 Å². The van der Waals surface area contributed by atoms with Crippen LogP contribution in [0.25, 0.3) is 0 Å². The number of nitrogens with zero attached hydrogens (tertiary/aromatic N) is 5. The maximum atomic E-state index is 11.4. The Morgan fingerprint density at radius 2 is 1.86 bits per heavy atom. The number of anilines is 2. The first-order valence-corrected chi connectivity index (χ1v) is 9.83. The molecule has 28 heavy (non-hydrogen) atoms. The molecule has 1 aromatic rings. The van der Waals surface area contributed by atoms with Crippen LogP contribution in [0.1, 0.15) is 0 Å². The Hall–Kier alpha value is -2.01. The fraction of sp³-hybridized carbons (Fsp3) is 0.722. The number of morpholine rings is 1. The number of nitro groups is 1. The number of methoxy groups -OCH3 is 1. The molecule has 10 heteroatoms. The van der Waals surface area contributed by atoms with Crippen molar-refractivity contribution in [3.05, 3.63) is 22.2 Å². The van der Waals surface area contributed by atoms with Gasteiger partial charge in [-0.2, -0.15) is 0 Å². The maximum Gasteiger partial charge on any atom is 0.311 e. The molecule has 0 aliphatic carbocycles. The van der Waals surface area contributed by atoms with Crippen molar-refractivity contribution >= 4 is 17.3 Å². The molecule has 0 unspecified atom stereocenters. The van der Waals surface area contributed by atoms with Crippen molar-refractivity contribution in [1.29, 1.82) is 0 Å². The van der Waals surface area contributed by atoms with Gasteiger partial charge in [0.05, 0.1) is 24.7 Å². The first kappa shape index (κ1) is 20.7. The number of pyridine rings is 1. The average molecular weight is 394 g/mol. The third kappa shape index (κ3) is 5.74. The van der Waals surface area contributed by atoms with Crippen molar-refractivity contribution in [3.63, 3.8) is 0 Å². The molecule has 10 nitrogen and oxygen atoms in total. The van der Waals surface area contributed by atoms with Gasteiger partial charge in [0.25, 0.3) is 0 Å². The highest BCUT2D eigenvalue weighted by atomic mass is 16.6. The molecule has 0 atom stereocenters. The van der Waals surface area contributed by atoms with E-state index in [0.717, 1.165) is 78.0 Å². The lowest BCUT2D eigenvalue weighted by molar-refractivity contribution is -0.384. The summed E-state index contributed by atoms with van der Waals surface area (Å²) in [6, 6.07) is 3.30. The van der Waals surface area contributed by atoms with E-state index in [1.54, 1.807) is 19.2 Å². The highest BCUT2D eigenvalue weighted by Crippen LogP contribution is 2.26. The minimum absolute atomic E-state index is 0.0180. The van der Waals surface area contributed by atoms with Crippen molar-refractivity contribution < 1.29 is 14.4 Å². The zero-order valence-corrected chi connectivity index (χ0v) is 16.5. The average Bonchev–Trinajstić information content (AvgIpc) is 2.73. The van der Waals surface area contributed by atoms with Gasteiger partial charge in [0.2, 0.25) is 5.82 Å². The molecule has 0 spiro atoms. The smallest absolute Gasteiger partial charge is 0.311 e. The SMILES string of the molecule is COCCN1CCN(c2ccc([N+](=O)[O-])c(NCCN3CCOCC3)n2)CC1. The van der Waals surface area contributed by atoms with E-state index in [9.17, 15) is 10.1 Å². The molecular weight excluding hydrogens is 364 g/mol. The maximum absolute atomic E-state index is 11.4. The molecule has 0 aromatic carbocycles. The topological polar surface area (TPSA) is 96.2 Å². The normalized spacial score (nSPS) is 19.0. The van der Waals surface area contributed by atoms with Gasteiger partial charge in [-0.1, -0.05) is 0 Å². The van der Waals surface area contributed by atoms with Crippen LogP contribution in [0.5, 0.6) is 0 Å². The minimum Gasteiger partial charge on any atom is -0.383 e. The van der Waals surface area contributed by atoms with Gasteiger partial charge in [-0.3, -0.25) is 19.9 Å². The van der Waals surface area contributed by atoms with Gasteiger partial charge >= 0.3 is 5.69 Å². The Kier molecular flexibility index (Phi) is 7.78. The molecular formula is C18H30N6O4. The molecule has 0 bridgehead atoms. The molecule has 3 rings (SSSR count). The van der Waals surface area contributed by atoms with Gasteiger partial charge in [0, 0.05) is 72.1 Å². The molecule has 1 N–H and O–H groups in total. The molecule has 0 radical (unpaired) electrons. The van der Waals surface area contributed by atoms with Crippen LogP contribution in [0.4, 0.5) is 17.3 Å². The van der Waals surface area contributed by atoms with E-state index in [2.05, 4.69) is 25.0 Å². The Balaban J connectivity index is 1.58. The van der Waals surface area contributed by atoms with Gasteiger partial charge in [0.1, 0.15) is 5.82 Å². The lowest BCUT2D eigenvalue weighted by atomic mass is 10.3. The van der Waals surface area contributed by atoms with Gasteiger partial charge in [-0.05, 0) is 6.07 Å². The van der Waals surface area contributed by atoms with Crippen LogP contribution < -0.4 is 10.2 Å². The van der Waals surface area contributed by atoms with Crippen molar-refractivity contribution in [3.8, 4) is 0 Å². The quantitative estimate of drug-likeness (QED) is 0.474. The molecule has 0 amide bonds. The zero-order chi connectivity index (χ0) is 19.8. The van der Waals surface area contributed by atoms with E-state index in [1.807, 2.05) is 0 Å². The monoisotopic (exact) mass is 394 g/mol. The molecule has 2 saturated heterocycles. The number of piperazine rings is 1. The summed E-state index contributed by atoms with van der Waals surface area (Å²) >= 11 is 0. The summed E-state index contributed by atoms with van der Waals surface area (Å²) in [5, 5.41) is 14.6. The Bertz CT molecular complexity index is 633. The lowest BCUT2D eigenvalue weighted by Gasteiger charge is -2.35. The van der Waals surface area contributed by atoms with Crippen LogP contribution in [-0.4, -0.2) is 106 Å². The fourth-order valence-corrected chi connectivity index (χ4v) is 3.47. The first-order valence-electron chi connectivity index (χ1n) is 9.83. The third-order valence-corrected chi connectivity index (χ3v) is 5.19. The van der Waals surface area contributed by atoms with E-state index in [0.29, 0.717) is 12.4 Å². The number of aromatic nitrogens is 1. The van der Waals surface area contributed by atoms with Crippen LogP contribution >= 0.6 is 0 Å². The zero-order valence-electron chi connectivity index (χ0n) is 16.5. The van der Waals surface area contributed by atoms with Crippen LogP contribution in [-0.2, 0) is 9.47 Å². The van der Waals surface area contributed by atoms with Gasteiger partial charge < -0.3 is 19.7 Å². The molecule has 2 aliphatic heterocycles. The first-order chi connectivity index (χ1) is 13.7. The number of nitrogens with one attached hydrogen (secondary N) is 1. The van der Waals surface area contributed by atoms with E-state index >= 15 is 0 Å². The highest BCUT2D eigenvalue weighted by molar-refractivity contribution is 5.61. The summed E-state index contributed by atoms with van der Waals surface area (Å²) in [7, 11) is 1.71. The molecule has 3 heterocycles. The largest absolute Gasteiger partial charge is 0.383 e. The summed E-state index contributed by atoms with van der Waals surface area (Å²) in [6.45, 7) is 9.91. The second-order valence-electron chi connectivity index (χ2n) is 7.00.